The number of hydrogen-bond donors (Lipinski definition) is 1. The molecule has 0 spiro atoms. The van der Waals surface area contributed by atoms with Gasteiger partial charge < -0.3 is 14.8 Å². The van der Waals surface area contributed by atoms with E-state index in [0.717, 1.165) is 5.56 Å². The summed E-state index contributed by atoms with van der Waals surface area (Å²) in [7, 11) is 0. The van der Waals surface area contributed by atoms with E-state index in [4.69, 9.17) is 21.1 Å². The highest BCUT2D eigenvalue weighted by atomic mass is 35.5. The molecular formula is C19H18ClNO4. The van der Waals surface area contributed by atoms with Crippen LogP contribution in [0.2, 0.25) is 5.02 Å². The Balaban J connectivity index is 1.50. The van der Waals surface area contributed by atoms with Crippen molar-refractivity contribution in [1.29, 1.82) is 0 Å². The second kappa shape index (κ2) is 8.03. The Hall–Kier alpha value is -2.53. The number of carbonyl (C=O) groups is 2. The molecule has 1 aliphatic heterocycles. The molecule has 1 N–H and O–H groups in total. The number of ether oxygens (including phenoxy) is 2. The topological polar surface area (TPSA) is 64.6 Å². The molecule has 0 atom stereocenters. The third-order valence-corrected chi connectivity index (χ3v) is 4.25. The fourth-order valence-corrected chi connectivity index (χ4v) is 2.71. The van der Waals surface area contributed by atoms with Crippen molar-refractivity contribution in [3.63, 3.8) is 0 Å². The van der Waals surface area contributed by atoms with Crippen molar-refractivity contribution >= 4 is 23.3 Å². The highest BCUT2D eigenvalue weighted by Gasteiger charge is 2.15. The molecule has 1 aliphatic rings. The van der Waals surface area contributed by atoms with Crippen molar-refractivity contribution in [3.05, 3.63) is 58.6 Å². The molecule has 5 nitrogen and oxygen atoms in total. The average Bonchev–Trinajstić information content (AvgIpc) is 2.65. The van der Waals surface area contributed by atoms with Gasteiger partial charge in [0, 0.05) is 30.0 Å². The molecule has 0 radical (unpaired) electrons. The van der Waals surface area contributed by atoms with Gasteiger partial charge >= 0.3 is 0 Å². The summed E-state index contributed by atoms with van der Waals surface area (Å²) in [6.45, 7) is 1.32. The Morgan fingerprint density at radius 3 is 2.56 bits per heavy atom. The Morgan fingerprint density at radius 1 is 1.00 bits per heavy atom. The standard InChI is InChI=1S/C19H18ClNO4/c20-15-4-2-1-3-14(15)12-21-19(23)8-6-16(22)13-5-7-17-18(11-13)25-10-9-24-17/h1-5,7,11H,6,8-10,12H2,(H,21,23). The second-order valence-electron chi connectivity index (χ2n) is 5.65. The van der Waals surface area contributed by atoms with E-state index >= 15 is 0 Å². The van der Waals surface area contributed by atoms with E-state index in [-0.39, 0.29) is 24.5 Å². The summed E-state index contributed by atoms with van der Waals surface area (Å²) in [5, 5.41) is 3.38. The summed E-state index contributed by atoms with van der Waals surface area (Å²) < 4.78 is 10.9. The number of ketones is 1. The third-order valence-electron chi connectivity index (χ3n) is 3.88. The van der Waals surface area contributed by atoms with Crippen LogP contribution in [0.25, 0.3) is 0 Å². The molecule has 0 saturated carbocycles. The van der Waals surface area contributed by atoms with Crippen molar-refractivity contribution in [2.45, 2.75) is 19.4 Å². The first kappa shape index (κ1) is 17.3. The quantitative estimate of drug-likeness (QED) is 0.803. The van der Waals surface area contributed by atoms with E-state index in [1.54, 1.807) is 24.3 Å². The number of hydrogen-bond acceptors (Lipinski definition) is 4. The molecule has 0 saturated heterocycles. The lowest BCUT2D eigenvalue weighted by Gasteiger charge is -2.18. The molecule has 2 aromatic carbocycles. The van der Waals surface area contributed by atoms with Gasteiger partial charge in [0.2, 0.25) is 5.91 Å². The summed E-state index contributed by atoms with van der Waals surface area (Å²) in [5.74, 6) is 0.913. The van der Waals surface area contributed by atoms with Crippen LogP contribution in [0.5, 0.6) is 11.5 Å². The van der Waals surface area contributed by atoms with E-state index in [0.29, 0.717) is 41.8 Å². The highest BCUT2D eigenvalue weighted by molar-refractivity contribution is 6.31. The minimum Gasteiger partial charge on any atom is -0.486 e. The molecule has 1 heterocycles. The molecule has 1 amide bonds. The Morgan fingerprint density at radius 2 is 1.76 bits per heavy atom. The van der Waals surface area contributed by atoms with Gasteiger partial charge in [0.25, 0.3) is 0 Å². The van der Waals surface area contributed by atoms with Crippen molar-refractivity contribution in [2.24, 2.45) is 0 Å². The maximum absolute atomic E-state index is 12.3. The van der Waals surface area contributed by atoms with E-state index in [9.17, 15) is 9.59 Å². The average molecular weight is 360 g/mol. The number of nitrogens with one attached hydrogen (secondary N) is 1. The SMILES string of the molecule is O=C(CCC(=O)c1ccc2c(c1)OCCO2)NCc1ccccc1Cl. The van der Waals surface area contributed by atoms with Crippen molar-refractivity contribution in [2.75, 3.05) is 13.2 Å². The fourth-order valence-electron chi connectivity index (χ4n) is 2.51. The molecule has 0 aliphatic carbocycles. The van der Waals surface area contributed by atoms with Gasteiger partial charge in [0.05, 0.1) is 0 Å². The molecule has 2 aromatic rings. The molecule has 0 unspecified atom stereocenters. The zero-order chi connectivity index (χ0) is 17.6. The predicted molar refractivity (Wildman–Crippen MR) is 94.3 cm³/mol. The fraction of sp³-hybridized carbons (Fsp3) is 0.263. The molecule has 3 rings (SSSR count). The van der Waals surface area contributed by atoms with Crippen molar-refractivity contribution in [3.8, 4) is 11.5 Å². The van der Waals surface area contributed by atoms with Crippen LogP contribution in [0, 0.1) is 0 Å². The second-order valence-corrected chi connectivity index (χ2v) is 6.06. The highest BCUT2D eigenvalue weighted by Crippen LogP contribution is 2.31. The largest absolute Gasteiger partial charge is 0.486 e. The van der Waals surface area contributed by atoms with Gasteiger partial charge in [-0.15, -0.1) is 0 Å². The minimum atomic E-state index is -0.189. The molecule has 0 bridgehead atoms. The van der Waals surface area contributed by atoms with Gasteiger partial charge in [-0.05, 0) is 29.8 Å². The lowest BCUT2D eigenvalue weighted by molar-refractivity contribution is -0.121. The first-order chi connectivity index (χ1) is 12.1. The van der Waals surface area contributed by atoms with Gasteiger partial charge in [-0.3, -0.25) is 9.59 Å². The van der Waals surface area contributed by atoms with Crippen LogP contribution in [0.4, 0.5) is 0 Å². The first-order valence-electron chi connectivity index (χ1n) is 8.06. The number of fused-ring (bicyclic) bond motifs is 1. The van der Waals surface area contributed by atoms with Gasteiger partial charge in [0.15, 0.2) is 17.3 Å². The molecule has 0 aromatic heterocycles. The van der Waals surface area contributed by atoms with E-state index < -0.39 is 0 Å². The monoisotopic (exact) mass is 359 g/mol. The maximum atomic E-state index is 12.3. The zero-order valence-corrected chi connectivity index (χ0v) is 14.3. The molecule has 25 heavy (non-hydrogen) atoms. The Labute approximate surface area is 150 Å². The van der Waals surface area contributed by atoms with Crippen LogP contribution in [0.15, 0.2) is 42.5 Å². The van der Waals surface area contributed by atoms with Crippen molar-refractivity contribution in [1.82, 2.24) is 5.32 Å². The number of benzene rings is 2. The van der Waals surface area contributed by atoms with Crippen LogP contribution in [-0.4, -0.2) is 24.9 Å². The van der Waals surface area contributed by atoms with Crippen LogP contribution in [0.1, 0.15) is 28.8 Å². The van der Waals surface area contributed by atoms with Crippen LogP contribution < -0.4 is 14.8 Å². The van der Waals surface area contributed by atoms with Crippen LogP contribution >= 0.6 is 11.6 Å². The first-order valence-corrected chi connectivity index (χ1v) is 8.44. The Kier molecular flexibility index (Phi) is 5.56. The van der Waals surface area contributed by atoms with Gasteiger partial charge in [-0.1, -0.05) is 29.8 Å². The van der Waals surface area contributed by atoms with E-state index in [2.05, 4.69) is 5.32 Å². The molecule has 130 valence electrons. The summed E-state index contributed by atoms with van der Waals surface area (Å²) in [4.78, 5) is 24.2. The van der Waals surface area contributed by atoms with E-state index in [1.807, 2.05) is 18.2 Å². The number of Topliss-reactive ketones (excluding diaryl/α,β-unsaturated/α-hetero) is 1. The maximum Gasteiger partial charge on any atom is 0.220 e. The normalized spacial score (nSPS) is 12.5. The lowest BCUT2D eigenvalue weighted by atomic mass is 10.1. The van der Waals surface area contributed by atoms with Crippen molar-refractivity contribution < 1.29 is 19.1 Å². The smallest absolute Gasteiger partial charge is 0.220 e. The van der Waals surface area contributed by atoms with Gasteiger partial charge in [-0.2, -0.15) is 0 Å². The predicted octanol–water partition coefficient (Wildman–Crippen LogP) is 3.39. The van der Waals surface area contributed by atoms with Crippen LogP contribution in [-0.2, 0) is 11.3 Å². The Bertz CT molecular complexity index is 791. The summed E-state index contributed by atoms with van der Waals surface area (Å²) in [5.41, 5.74) is 1.36. The summed E-state index contributed by atoms with van der Waals surface area (Å²) in [6, 6.07) is 12.4. The summed E-state index contributed by atoms with van der Waals surface area (Å²) >= 11 is 6.05. The van der Waals surface area contributed by atoms with Gasteiger partial charge in [-0.25, -0.2) is 0 Å². The van der Waals surface area contributed by atoms with E-state index in [1.165, 1.54) is 0 Å². The lowest BCUT2D eigenvalue weighted by Crippen LogP contribution is -2.23. The number of carbonyl (C=O) groups excluding carboxylic acids is 2. The number of amides is 1. The molecular weight excluding hydrogens is 342 g/mol. The third kappa shape index (κ3) is 4.51. The minimum absolute atomic E-state index is 0.107. The van der Waals surface area contributed by atoms with Crippen LogP contribution in [0.3, 0.4) is 0 Å². The number of rotatable bonds is 6. The number of halogens is 1. The molecule has 6 heteroatoms. The van der Waals surface area contributed by atoms with Gasteiger partial charge in [0.1, 0.15) is 13.2 Å². The summed E-state index contributed by atoms with van der Waals surface area (Å²) in [6.07, 6.45) is 0.256. The zero-order valence-electron chi connectivity index (χ0n) is 13.6. The molecule has 0 fully saturated rings.